The van der Waals surface area contributed by atoms with Crippen LogP contribution in [0.5, 0.6) is 0 Å². The first-order valence-electron chi connectivity index (χ1n) is 12.2. The summed E-state index contributed by atoms with van der Waals surface area (Å²) in [5.74, 6) is -2.43. The molecule has 210 valence electrons. The van der Waals surface area contributed by atoms with Gasteiger partial charge >= 0.3 is 6.09 Å². The molecule has 11 nitrogen and oxygen atoms in total. The minimum atomic E-state index is -4.14. The lowest BCUT2D eigenvalue weighted by atomic mass is 9.74. The van der Waals surface area contributed by atoms with Crippen LogP contribution in [-0.2, 0) is 24.8 Å². The van der Waals surface area contributed by atoms with Crippen molar-refractivity contribution in [1.29, 1.82) is 5.26 Å². The fourth-order valence-corrected chi connectivity index (χ4v) is 7.75. The van der Waals surface area contributed by atoms with E-state index in [1.807, 2.05) is 6.07 Å². The number of nitrogens with zero attached hydrogens (tertiary/aromatic N) is 4. The third kappa shape index (κ3) is 4.69. The van der Waals surface area contributed by atoms with Crippen molar-refractivity contribution in [2.45, 2.75) is 46.4 Å². The largest absolute Gasteiger partial charge is 0.465 e. The number of carboxylic acid groups (broad SMARTS) is 1. The lowest BCUT2D eigenvalue weighted by Gasteiger charge is -2.48. The van der Waals surface area contributed by atoms with Gasteiger partial charge in [0.2, 0.25) is 11.8 Å². The molecule has 3 aliphatic rings. The van der Waals surface area contributed by atoms with Crippen molar-refractivity contribution in [3.63, 3.8) is 0 Å². The standard InChI is InChI=1S/C25H22BrClFN5O6S/c26-14-7-17(28)20(30-9-14)25(12-32(13-25)23(36)37)22(35)33-10-15(40(38,39)19-4-2-1-3-16(19)27)8-18(33)21(34)31-24(11-29)5-6-24/h1-4,7,9,15,18H,5-6,8,10,12-13H2,(H,31,34)(H,36,37)/t15-,18+/m1/s1. The molecule has 2 N–H and O–H groups in total. The van der Waals surface area contributed by atoms with Gasteiger partial charge in [-0.2, -0.15) is 5.26 Å². The van der Waals surface area contributed by atoms with E-state index in [0.717, 1.165) is 15.9 Å². The Morgan fingerprint density at radius 3 is 2.50 bits per heavy atom. The quantitative estimate of drug-likeness (QED) is 0.481. The molecule has 1 aliphatic carbocycles. The Bertz CT molecular complexity index is 1570. The smallest absolute Gasteiger partial charge is 0.407 e. The van der Waals surface area contributed by atoms with E-state index in [1.165, 1.54) is 24.4 Å². The number of likely N-dealkylation sites (tertiary alicyclic amines) is 2. The first-order valence-corrected chi connectivity index (χ1v) is 14.9. The van der Waals surface area contributed by atoms with Crippen molar-refractivity contribution in [1.82, 2.24) is 20.1 Å². The van der Waals surface area contributed by atoms with Crippen LogP contribution in [0.1, 0.15) is 25.0 Å². The zero-order valence-electron chi connectivity index (χ0n) is 20.7. The molecule has 0 spiro atoms. The molecule has 3 fully saturated rings. The number of pyridine rings is 1. The van der Waals surface area contributed by atoms with E-state index in [9.17, 15) is 33.2 Å². The van der Waals surface area contributed by atoms with Crippen LogP contribution in [0, 0.1) is 17.1 Å². The van der Waals surface area contributed by atoms with Gasteiger partial charge in [0, 0.05) is 30.3 Å². The Labute approximate surface area is 242 Å². The fourth-order valence-electron chi connectivity index (χ4n) is 5.23. The van der Waals surface area contributed by atoms with Gasteiger partial charge in [-0.15, -0.1) is 0 Å². The van der Waals surface area contributed by atoms with Gasteiger partial charge < -0.3 is 20.2 Å². The summed E-state index contributed by atoms with van der Waals surface area (Å²) in [4.78, 5) is 45.1. The van der Waals surface area contributed by atoms with Gasteiger partial charge in [-0.1, -0.05) is 23.7 Å². The van der Waals surface area contributed by atoms with Crippen LogP contribution in [-0.4, -0.2) is 82.7 Å². The molecular weight excluding hydrogens is 633 g/mol. The summed E-state index contributed by atoms with van der Waals surface area (Å²) in [6.07, 6.45) is 0.438. The molecule has 2 atom stereocenters. The minimum absolute atomic E-state index is 0.0246. The Morgan fingerprint density at radius 2 is 1.93 bits per heavy atom. The molecule has 40 heavy (non-hydrogen) atoms. The summed E-state index contributed by atoms with van der Waals surface area (Å²) in [6, 6.07) is 7.58. The van der Waals surface area contributed by atoms with Gasteiger partial charge in [0.15, 0.2) is 9.84 Å². The number of nitrogens with one attached hydrogen (secondary N) is 1. The number of carbonyl (C=O) groups is 3. The van der Waals surface area contributed by atoms with Crippen molar-refractivity contribution in [2.75, 3.05) is 19.6 Å². The second kappa shape index (κ2) is 9.97. The normalized spacial score (nSPS) is 22.6. The second-order valence-corrected chi connectivity index (χ2v) is 13.7. The Morgan fingerprint density at radius 1 is 1.25 bits per heavy atom. The molecular formula is C25H22BrClFN5O6S. The van der Waals surface area contributed by atoms with E-state index >= 15 is 4.39 Å². The van der Waals surface area contributed by atoms with Crippen LogP contribution in [0.4, 0.5) is 9.18 Å². The number of sulfone groups is 1. The molecule has 0 bridgehead atoms. The number of hydrogen-bond donors (Lipinski definition) is 2. The van der Waals surface area contributed by atoms with E-state index in [4.69, 9.17) is 11.6 Å². The number of halogens is 3. The number of benzene rings is 1. The predicted octanol–water partition coefficient (Wildman–Crippen LogP) is 2.48. The number of aromatic nitrogens is 1. The summed E-state index contributed by atoms with van der Waals surface area (Å²) in [7, 11) is -4.14. The number of carbonyl (C=O) groups excluding carboxylic acids is 2. The Balaban J connectivity index is 1.55. The van der Waals surface area contributed by atoms with E-state index in [0.29, 0.717) is 17.3 Å². The number of hydrogen-bond acceptors (Lipinski definition) is 7. The van der Waals surface area contributed by atoms with Crippen molar-refractivity contribution >= 4 is 55.3 Å². The van der Waals surface area contributed by atoms with Gasteiger partial charge in [-0.3, -0.25) is 14.6 Å². The average molecular weight is 655 g/mol. The zero-order valence-corrected chi connectivity index (χ0v) is 23.8. The molecule has 0 unspecified atom stereocenters. The fraction of sp³-hybridized carbons (Fsp3) is 0.400. The van der Waals surface area contributed by atoms with Crippen molar-refractivity contribution in [2.24, 2.45) is 0 Å². The number of nitriles is 1. The van der Waals surface area contributed by atoms with Crippen LogP contribution in [0.25, 0.3) is 0 Å². The van der Waals surface area contributed by atoms with Gasteiger partial charge in [0.25, 0.3) is 0 Å². The third-order valence-electron chi connectivity index (χ3n) is 7.60. The summed E-state index contributed by atoms with van der Waals surface area (Å²) in [6.45, 7) is -1.32. The summed E-state index contributed by atoms with van der Waals surface area (Å²) in [5.41, 5.74) is -3.21. The van der Waals surface area contributed by atoms with Crippen LogP contribution >= 0.6 is 27.5 Å². The van der Waals surface area contributed by atoms with Crippen LogP contribution in [0.15, 0.2) is 45.9 Å². The maximum Gasteiger partial charge on any atom is 0.407 e. The van der Waals surface area contributed by atoms with Crippen molar-refractivity contribution < 1.29 is 32.3 Å². The average Bonchev–Trinajstić information content (AvgIpc) is 3.49. The zero-order chi connectivity index (χ0) is 29.0. The molecule has 0 radical (unpaired) electrons. The first-order chi connectivity index (χ1) is 18.8. The Kier molecular flexibility index (Phi) is 7.04. The molecule has 5 rings (SSSR count). The van der Waals surface area contributed by atoms with Gasteiger partial charge in [0.05, 0.1) is 26.9 Å². The molecule has 2 aliphatic heterocycles. The molecule has 3 amide bonds. The SMILES string of the molecule is N#CC1(NC(=O)[C@@H]2C[C@@H](S(=O)(=O)c3ccccc3Cl)CN2C(=O)C2(c3ncc(Br)cc3F)CN(C(=O)O)C2)CC1. The molecule has 1 aromatic heterocycles. The topological polar surface area (TPSA) is 161 Å². The van der Waals surface area contributed by atoms with E-state index < -0.39 is 75.4 Å². The van der Waals surface area contributed by atoms with Gasteiger partial charge in [0.1, 0.15) is 22.8 Å². The second-order valence-electron chi connectivity index (χ2n) is 10.2. The highest BCUT2D eigenvalue weighted by Crippen LogP contribution is 2.41. The molecule has 2 saturated heterocycles. The predicted molar refractivity (Wildman–Crippen MR) is 141 cm³/mol. The van der Waals surface area contributed by atoms with Gasteiger partial charge in [-0.05, 0) is 53.4 Å². The maximum atomic E-state index is 15.2. The highest BCUT2D eigenvalue weighted by Gasteiger charge is 2.60. The van der Waals surface area contributed by atoms with Gasteiger partial charge in [-0.25, -0.2) is 17.6 Å². The minimum Gasteiger partial charge on any atom is -0.465 e. The van der Waals surface area contributed by atoms with Crippen LogP contribution in [0.2, 0.25) is 5.02 Å². The lowest BCUT2D eigenvalue weighted by Crippen LogP contribution is -2.69. The molecule has 1 aromatic carbocycles. The lowest BCUT2D eigenvalue weighted by molar-refractivity contribution is -0.148. The summed E-state index contributed by atoms with van der Waals surface area (Å²) < 4.78 is 42.7. The molecule has 3 heterocycles. The maximum absolute atomic E-state index is 15.2. The molecule has 1 saturated carbocycles. The van der Waals surface area contributed by atoms with Crippen LogP contribution < -0.4 is 5.32 Å². The third-order valence-corrected chi connectivity index (χ3v) is 10.7. The van der Waals surface area contributed by atoms with Crippen LogP contribution in [0.3, 0.4) is 0 Å². The van der Waals surface area contributed by atoms with Crippen molar-refractivity contribution in [3.05, 3.63) is 57.5 Å². The summed E-state index contributed by atoms with van der Waals surface area (Å²) >= 11 is 9.28. The van der Waals surface area contributed by atoms with E-state index in [2.05, 4.69) is 26.2 Å². The van der Waals surface area contributed by atoms with Crippen molar-refractivity contribution in [3.8, 4) is 6.07 Å². The molecule has 2 aromatic rings. The highest BCUT2D eigenvalue weighted by atomic mass is 79.9. The Hall–Kier alpha value is -3.28. The van der Waals surface area contributed by atoms with E-state index in [-0.39, 0.29) is 22.0 Å². The summed E-state index contributed by atoms with van der Waals surface area (Å²) in [5, 5.41) is 20.3. The first kappa shape index (κ1) is 28.3. The molecule has 15 heteroatoms. The monoisotopic (exact) mass is 653 g/mol. The number of rotatable bonds is 6. The van der Waals surface area contributed by atoms with E-state index in [1.54, 1.807) is 6.07 Å². The number of amides is 3. The highest BCUT2D eigenvalue weighted by molar-refractivity contribution is 9.10.